The number of esters is 1. The van der Waals surface area contributed by atoms with Gasteiger partial charge >= 0.3 is 5.97 Å². The van der Waals surface area contributed by atoms with E-state index >= 15 is 0 Å². The first-order valence-electron chi connectivity index (χ1n) is 7.95. The highest BCUT2D eigenvalue weighted by molar-refractivity contribution is 5.72. The topological polar surface area (TPSA) is 38.8 Å². The van der Waals surface area contributed by atoms with E-state index < -0.39 is 0 Å². The van der Waals surface area contributed by atoms with E-state index in [1.807, 2.05) is 0 Å². The number of epoxide rings is 1. The minimum absolute atomic E-state index is 0.0533. The van der Waals surface area contributed by atoms with E-state index in [1.165, 1.54) is 6.42 Å². The second-order valence-electron chi connectivity index (χ2n) is 6.99. The number of carbonyl (C=O) groups excluding carboxylic acids is 1. The summed E-state index contributed by atoms with van der Waals surface area (Å²) in [6.07, 6.45) is 7.62. The van der Waals surface area contributed by atoms with E-state index in [0.717, 1.165) is 38.0 Å². The van der Waals surface area contributed by atoms with Crippen molar-refractivity contribution in [2.75, 3.05) is 6.61 Å². The van der Waals surface area contributed by atoms with Crippen molar-refractivity contribution in [3.63, 3.8) is 0 Å². The molecule has 0 radical (unpaired) electrons. The van der Waals surface area contributed by atoms with Crippen molar-refractivity contribution in [1.29, 1.82) is 0 Å². The number of fused-ring (bicyclic) bond motifs is 1. The zero-order valence-electron chi connectivity index (χ0n) is 12.1. The average molecular weight is 266 g/mol. The quantitative estimate of drug-likeness (QED) is 0.582. The molecule has 3 rings (SSSR count). The second-order valence-corrected chi connectivity index (χ2v) is 6.99. The number of ether oxygens (including phenoxy) is 2. The monoisotopic (exact) mass is 266 g/mol. The van der Waals surface area contributed by atoms with Crippen molar-refractivity contribution < 1.29 is 14.3 Å². The molecular formula is C16H26O3. The Balaban J connectivity index is 1.41. The van der Waals surface area contributed by atoms with Crippen LogP contribution in [0.3, 0.4) is 0 Å². The summed E-state index contributed by atoms with van der Waals surface area (Å²) in [7, 11) is 0. The summed E-state index contributed by atoms with van der Waals surface area (Å²) in [6, 6.07) is 0. The van der Waals surface area contributed by atoms with Crippen LogP contribution in [0, 0.1) is 23.7 Å². The molecule has 2 aliphatic carbocycles. The van der Waals surface area contributed by atoms with Gasteiger partial charge in [-0.25, -0.2) is 0 Å². The van der Waals surface area contributed by atoms with Gasteiger partial charge in [-0.3, -0.25) is 4.79 Å². The summed E-state index contributed by atoms with van der Waals surface area (Å²) in [5.41, 5.74) is 0. The van der Waals surface area contributed by atoms with Crippen LogP contribution in [0.5, 0.6) is 0 Å². The predicted molar refractivity (Wildman–Crippen MR) is 72.6 cm³/mol. The molecule has 0 aromatic carbocycles. The van der Waals surface area contributed by atoms with Gasteiger partial charge in [-0.05, 0) is 56.3 Å². The highest BCUT2D eigenvalue weighted by Gasteiger charge is 2.44. The van der Waals surface area contributed by atoms with Crippen LogP contribution in [-0.4, -0.2) is 24.8 Å². The molecule has 1 heterocycles. The summed E-state index contributed by atoms with van der Waals surface area (Å²) < 4.78 is 11.1. The third kappa shape index (κ3) is 3.13. The fourth-order valence-electron chi connectivity index (χ4n) is 3.72. The van der Waals surface area contributed by atoms with Crippen LogP contribution in [-0.2, 0) is 14.3 Å². The van der Waals surface area contributed by atoms with Crippen LogP contribution in [0.25, 0.3) is 0 Å². The lowest BCUT2D eigenvalue weighted by molar-refractivity contribution is -0.152. The van der Waals surface area contributed by atoms with E-state index in [0.29, 0.717) is 30.7 Å². The molecule has 3 nitrogen and oxygen atoms in total. The van der Waals surface area contributed by atoms with Crippen LogP contribution >= 0.6 is 0 Å². The standard InChI is InChI=1S/C16H26O3/c1-10-3-5-13(7-11(10)2)16(17)18-9-12-4-6-14-15(8-12)19-14/h10-15H,3-9H2,1-2H3. The first-order valence-corrected chi connectivity index (χ1v) is 7.95. The van der Waals surface area contributed by atoms with Crippen LogP contribution in [0.15, 0.2) is 0 Å². The van der Waals surface area contributed by atoms with E-state index in [4.69, 9.17) is 9.47 Å². The Kier molecular flexibility index (Phi) is 3.84. The minimum Gasteiger partial charge on any atom is -0.465 e. The van der Waals surface area contributed by atoms with Gasteiger partial charge < -0.3 is 9.47 Å². The molecule has 3 heteroatoms. The van der Waals surface area contributed by atoms with E-state index in [-0.39, 0.29) is 11.9 Å². The molecule has 0 aromatic heterocycles. The lowest BCUT2D eigenvalue weighted by Crippen LogP contribution is -2.29. The van der Waals surface area contributed by atoms with Gasteiger partial charge in [0, 0.05) is 0 Å². The van der Waals surface area contributed by atoms with Crippen molar-refractivity contribution >= 4 is 5.97 Å². The van der Waals surface area contributed by atoms with E-state index in [1.54, 1.807) is 0 Å². The molecule has 0 N–H and O–H groups in total. The van der Waals surface area contributed by atoms with Crippen LogP contribution in [0.2, 0.25) is 0 Å². The third-order valence-electron chi connectivity index (χ3n) is 5.51. The number of hydrogen-bond acceptors (Lipinski definition) is 3. The van der Waals surface area contributed by atoms with Gasteiger partial charge in [0.05, 0.1) is 24.7 Å². The van der Waals surface area contributed by atoms with Gasteiger partial charge in [-0.15, -0.1) is 0 Å². The van der Waals surface area contributed by atoms with Gasteiger partial charge in [-0.2, -0.15) is 0 Å². The molecule has 19 heavy (non-hydrogen) atoms. The summed E-state index contributed by atoms with van der Waals surface area (Å²) in [5.74, 6) is 2.15. The summed E-state index contributed by atoms with van der Waals surface area (Å²) in [5, 5.41) is 0. The van der Waals surface area contributed by atoms with Gasteiger partial charge in [0.2, 0.25) is 0 Å². The molecule has 0 bridgehead atoms. The maximum Gasteiger partial charge on any atom is 0.308 e. The molecule has 1 aliphatic heterocycles. The smallest absolute Gasteiger partial charge is 0.308 e. The largest absolute Gasteiger partial charge is 0.465 e. The molecule has 6 unspecified atom stereocenters. The van der Waals surface area contributed by atoms with Gasteiger partial charge in [0.15, 0.2) is 0 Å². The van der Waals surface area contributed by atoms with Crippen molar-refractivity contribution in [3.05, 3.63) is 0 Å². The lowest BCUT2D eigenvalue weighted by Gasteiger charge is -2.31. The fraction of sp³-hybridized carbons (Fsp3) is 0.938. The average Bonchev–Trinajstić information content (AvgIpc) is 3.17. The highest BCUT2D eigenvalue weighted by atomic mass is 16.6. The summed E-state index contributed by atoms with van der Waals surface area (Å²) in [6.45, 7) is 5.17. The van der Waals surface area contributed by atoms with E-state index in [9.17, 15) is 4.79 Å². The molecule has 0 aromatic rings. The Morgan fingerprint density at radius 1 is 1.05 bits per heavy atom. The van der Waals surface area contributed by atoms with Crippen molar-refractivity contribution in [1.82, 2.24) is 0 Å². The first kappa shape index (κ1) is 13.4. The Hall–Kier alpha value is -0.570. The Morgan fingerprint density at radius 3 is 2.63 bits per heavy atom. The Bertz CT molecular complexity index is 341. The Labute approximate surface area is 116 Å². The van der Waals surface area contributed by atoms with Crippen molar-refractivity contribution in [3.8, 4) is 0 Å². The molecule has 6 atom stereocenters. The van der Waals surface area contributed by atoms with Crippen molar-refractivity contribution in [2.24, 2.45) is 23.7 Å². The SMILES string of the molecule is CC1CCC(C(=O)OCC2CCC3OC3C2)CC1C. The number of rotatable bonds is 3. The normalized spacial score (nSPS) is 45.4. The lowest BCUT2D eigenvalue weighted by atomic mass is 9.76. The maximum absolute atomic E-state index is 12.1. The molecule has 3 fully saturated rings. The third-order valence-corrected chi connectivity index (χ3v) is 5.51. The molecule has 0 spiro atoms. The second kappa shape index (κ2) is 5.43. The fourth-order valence-corrected chi connectivity index (χ4v) is 3.72. The molecule has 3 aliphatic rings. The molecule has 2 saturated carbocycles. The molecule has 0 amide bonds. The van der Waals surface area contributed by atoms with E-state index in [2.05, 4.69) is 13.8 Å². The molecule has 108 valence electrons. The Morgan fingerprint density at radius 2 is 1.89 bits per heavy atom. The van der Waals surface area contributed by atoms with Crippen LogP contribution in [0.1, 0.15) is 52.4 Å². The number of carbonyl (C=O) groups is 1. The summed E-state index contributed by atoms with van der Waals surface area (Å²) in [4.78, 5) is 12.1. The van der Waals surface area contributed by atoms with Crippen molar-refractivity contribution in [2.45, 2.75) is 64.6 Å². The molecule has 1 saturated heterocycles. The minimum atomic E-state index is 0.0533. The predicted octanol–water partition coefficient (Wildman–Crippen LogP) is 3.17. The zero-order chi connectivity index (χ0) is 13.4. The zero-order valence-corrected chi connectivity index (χ0v) is 12.1. The van der Waals surface area contributed by atoms with Gasteiger partial charge in [0.1, 0.15) is 0 Å². The first-order chi connectivity index (χ1) is 9.13. The summed E-state index contributed by atoms with van der Waals surface area (Å²) >= 11 is 0. The van der Waals surface area contributed by atoms with Gasteiger partial charge in [0.25, 0.3) is 0 Å². The van der Waals surface area contributed by atoms with Crippen LogP contribution in [0.4, 0.5) is 0 Å². The van der Waals surface area contributed by atoms with Gasteiger partial charge in [-0.1, -0.05) is 13.8 Å². The highest BCUT2D eigenvalue weighted by Crippen LogP contribution is 2.39. The number of hydrogen-bond donors (Lipinski definition) is 0. The van der Waals surface area contributed by atoms with Crippen LogP contribution < -0.4 is 0 Å². The molecular weight excluding hydrogens is 240 g/mol. The maximum atomic E-state index is 12.1.